The molecule has 0 radical (unpaired) electrons. The third-order valence-electron chi connectivity index (χ3n) is 3.48. The summed E-state index contributed by atoms with van der Waals surface area (Å²) in [4.78, 5) is 27.6. The van der Waals surface area contributed by atoms with Crippen molar-refractivity contribution in [1.82, 2.24) is 20.1 Å². The zero-order chi connectivity index (χ0) is 18.2. The van der Waals surface area contributed by atoms with Crippen molar-refractivity contribution in [3.8, 4) is 5.69 Å². The van der Waals surface area contributed by atoms with Gasteiger partial charge in [0, 0.05) is 11.8 Å². The van der Waals surface area contributed by atoms with Gasteiger partial charge in [-0.2, -0.15) is 5.10 Å². The molecule has 0 spiro atoms. The maximum atomic E-state index is 11.9. The van der Waals surface area contributed by atoms with Crippen LogP contribution in [-0.4, -0.2) is 33.1 Å². The lowest BCUT2D eigenvalue weighted by atomic mass is 10.2. The lowest BCUT2D eigenvalue weighted by molar-refractivity contribution is -0.121. The Morgan fingerprint density at radius 3 is 2.50 bits per heavy atom. The molecule has 1 heterocycles. The number of rotatable bonds is 6. The van der Waals surface area contributed by atoms with Crippen LogP contribution >= 0.6 is 0 Å². The molecule has 2 aromatic carbocycles. The number of nitrogens with one attached hydrogen (secondary N) is 2. The summed E-state index contributed by atoms with van der Waals surface area (Å²) in [5.74, 6) is -0.634. The Labute approximate surface area is 150 Å². The van der Waals surface area contributed by atoms with Crippen LogP contribution in [0, 0.1) is 0 Å². The van der Waals surface area contributed by atoms with E-state index < -0.39 is 0 Å². The van der Waals surface area contributed by atoms with Crippen molar-refractivity contribution >= 4 is 23.6 Å². The maximum absolute atomic E-state index is 11.9. The van der Waals surface area contributed by atoms with Crippen LogP contribution in [-0.2, 0) is 9.59 Å². The van der Waals surface area contributed by atoms with Crippen LogP contribution in [0.1, 0.15) is 5.56 Å². The number of anilines is 1. The highest BCUT2D eigenvalue weighted by Gasteiger charge is 2.04. The summed E-state index contributed by atoms with van der Waals surface area (Å²) in [6.07, 6.45) is 6.13. The molecule has 0 aliphatic heterocycles. The topological polar surface area (TPSA) is 88.9 Å². The molecular weight excluding hydrogens is 330 g/mol. The fraction of sp³-hybridized carbons (Fsp3) is 0.0526. The quantitative estimate of drug-likeness (QED) is 0.668. The standard InChI is InChI=1S/C19H17N5O2/c25-18(11-6-15-4-2-1-3-5-15)21-12-19(26)23-16-7-9-17(10-8-16)24-14-20-13-22-24/h1-11,13-14H,12H2,(H,21,25)(H,23,26). The van der Waals surface area contributed by atoms with E-state index in [4.69, 9.17) is 0 Å². The van der Waals surface area contributed by atoms with Crippen molar-refractivity contribution in [3.63, 3.8) is 0 Å². The Balaban J connectivity index is 1.46. The average molecular weight is 347 g/mol. The summed E-state index contributed by atoms with van der Waals surface area (Å²) in [5.41, 5.74) is 2.38. The van der Waals surface area contributed by atoms with Gasteiger partial charge in [-0.25, -0.2) is 9.67 Å². The first-order chi connectivity index (χ1) is 12.7. The van der Waals surface area contributed by atoms with Gasteiger partial charge in [0.2, 0.25) is 11.8 Å². The summed E-state index contributed by atoms with van der Waals surface area (Å²) >= 11 is 0. The van der Waals surface area contributed by atoms with E-state index in [2.05, 4.69) is 20.7 Å². The molecule has 0 bridgehead atoms. The second-order valence-electron chi connectivity index (χ2n) is 5.40. The molecule has 0 aliphatic rings. The number of amides is 2. The van der Waals surface area contributed by atoms with E-state index in [0.29, 0.717) is 5.69 Å². The zero-order valence-electron chi connectivity index (χ0n) is 13.9. The molecule has 130 valence electrons. The van der Waals surface area contributed by atoms with Crippen LogP contribution in [0.5, 0.6) is 0 Å². The highest BCUT2D eigenvalue weighted by atomic mass is 16.2. The molecule has 3 rings (SSSR count). The van der Waals surface area contributed by atoms with Crippen molar-refractivity contribution in [2.24, 2.45) is 0 Å². The average Bonchev–Trinajstić information content (AvgIpc) is 3.21. The molecule has 0 saturated heterocycles. The number of hydrogen-bond donors (Lipinski definition) is 2. The molecule has 0 saturated carbocycles. The molecule has 1 aromatic heterocycles. The van der Waals surface area contributed by atoms with Crippen LogP contribution in [0.4, 0.5) is 5.69 Å². The third kappa shape index (κ3) is 4.88. The number of aromatic nitrogens is 3. The van der Waals surface area contributed by atoms with Crippen LogP contribution in [0.2, 0.25) is 0 Å². The SMILES string of the molecule is O=C(C=Cc1ccccc1)NCC(=O)Nc1ccc(-n2cncn2)cc1. The summed E-state index contributed by atoms with van der Waals surface area (Å²) in [6.45, 7) is -0.108. The minimum Gasteiger partial charge on any atom is -0.343 e. The van der Waals surface area contributed by atoms with Crippen molar-refractivity contribution in [3.05, 3.63) is 78.9 Å². The van der Waals surface area contributed by atoms with Gasteiger partial charge < -0.3 is 10.6 Å². The van der Waals surface area contributed by atoms with Gasteiger partial charge in [-0.05, 0) is 35.9 Å². The molecule has 2 N–H and O–H groups in total. The van der Waals surface area contributed by atoms with Gasteiger partial charge >= 0.3 is 0 Å². The molecule has 0 atom stereocenters. The van der Waals surface area contributed by atoms with Gasteiger partial charge in [0.25, 0.3) is 0 Å². The minimum absolute atomic E-state index is 0.108. The molecular formula is C19H17N5O2. The van der Waals surface area contributed by atoms with Crippen LogP contribution < -0.4 is 10.6 Å². The summed E-state index contributed by atoms with van der Waals surface area (Å²) in [7, 11) is 0. The Kier molecular flexibility index (Phi) is 5.51. The van der Waals surface area contributed by atoms with Gasteiger partial charge in [0.15, 0.2) is 0 Å². The first kappa shape index (κ1) is 17.1. The van der Waals surface area contributed by atoms with Crippen molar-refractivity contribution in [2.75, 3.05) is 11.9 Å². The number of nitrogens with zero attached hydrogens (tertiary/aromatic N) is 3. The first-order valence-electron chi connectivity index (χ1n) is 7.96. The molecule has 0 aliphatic carbocycles. The van der Waals surface area contributed by atoms with E-state index in [9.17, 15) is 9.59 Å². The maximum Gasteiger partial charge on any atom is 0.244 e. The molecule has 7 nitrogen and oxygen atoms in total. The number of benzene rings is 2. The molecule has 2 amide bonds. The van der Waals surface area contributed by atoms with E-state index in [0.717, 1.165) is 11.3 Å². The van der Waals surface area contributed by atoms with Gasteiger partial charge in [-0.3, -0.25) is 9.59 Å². The lowest BCUT2D eigenvalue weighted by Gasteiger charge is -2.07. The van der Waals surface area contributed by atoms with Crippen molar-refractivity contribution < 1.29 is 9.59 Å². The molecule has 3 aromatic rings. The summed E-state index contributed by atoms with van der Waals surface area (Å²) < 4.78 is 1.62. The van der Waals surface area contributed by atoms with E-state index in [1.807, 2.05) is 42.5 Å². The number of hydrogen-bond acceptors (Lipinski definition) is 4. The minimum atomic E-state index is -0.328. The highest BCUT2D eigenvalue weighted by Crippen LogP contribution is 2.11. The van der Waals surface area contributed by atoms with Gasteiger partial charge in [-0.15, -0.1) is 0 Å². The molecule has 26 heavy (non-hydrogen) atoms. The second kappa shape index (κ2) is 8.39. The van der Waals surface area contributed by atoms with E-state index in [1.165, 1.54) is 12.4 Å². The van der Waals surface area contributed by atoms with Gasteiger partial charge in [-0.1, -0.05) is 30.3 Å². The van der Waals surface area contributed by atoms with Crippen molar-refractivity contribution in [1.29, 1.82) is 0 Å². The van der Waals surface area contributed by atoms with E-state index in [-0.39, 0.29) is 18.4 Å². The Morgan fingerprint density at radius 2 is 1.81 bits per heavy atom. The highest BCUT2D eigenvalue weighted by molar-refractivity contribution is 5.98. The van der Waals surface area contributed by atoms with E-state index in [1.54, 1.807) is 29.2 Å². The van der Waals surface area contributed by atoms with Crippen LogP contribution in [0.25, 0.3) is 11.8 Å². The van der Waals surface area contributed by atoms with Gasteiger partial charge in [0.1, 0.15) is 12.7 Å². The lowest BCUT2D eigenvalue weighted by Crippen LogP contribution is -2.31. The fourth-order valence-electron chi connectivity index (χ4n) is 2.21. The third-order valence-corrected chi connectivity index (χ3v) is 3.48. The van der Waals surface area contributed by atoms with Crippen molar-refractivity contribution in [2.45, 2.75) is 0 Å². The first-order valence-corrected chi connectivity index (χ1v) is 7.96. The molecule has 0 unspecified atom stereocenters. The zero-order valence-corrected chi connectivity index (χ0v) is 13.9. The van der Waals surface area contributed by atoms with Crippen LogP contribution in [0.3, 0.4) is 0 Å². The Bertz CT molecular complexity index is 887. The monoisotopic (exact) mass is 347 g/mol. The molecule has 7 heteroatoms. The summed E-state index contributed by atoms with van der Waals surface area (Å²) in [6, 6.07) is 16.6. The predicted octanol–water partition coefficient (Wildman–Crippen LogP) is 2.04. The smallest absolute Gasteiger partial charge is 0.244 e. The Morgan fingerprint density at radius 1 is 1.04 bits per heavy atom. The second-order valence-corrected chi connectivity index (χ2v) is 5.40. The number of carbonyl (C=O) groups excluding carboxylic acids is 2. The number of carbonyl (C=O) groups is 2. The normalized spacial score (nSPS) is 10.6. The largest absolute Gasteiger partial charge is 0.343 e. The summed E-state index contributed by atoms with van der Waals surface area (Å²) in [5, 5.41) is 9.30. The molecule has 0 fully saturated rings. The Hall–Kier alpha value is -3.74. The van der Waals surface area contributed by atoms with Gasteiger partial charge in [0.05, 0.1) is 12.2 Å². The predicted molar refractivity (Wildman–Crippen MR) is 98.5 cm³/mol. The fourth-order valence-corrected chi connectivity index (χ4v) is 2.21. The van der Waals surface area contributed by atoms with Crippen LogP contribution in [0.15, 0.2) is 73.3 Å². The van der Waals surface area contributed by atoms with E-state index >= 15 is 0 Å².